The van der Waals surface area contributed by atoms with Crippen LogP contribution in [0, 0.1) is 0 Å². The van der Waals surface area contributed by atoms with E-state index in [0.29, 0.717) is 0 Å². The van der Waals surface area contributed by atoms with Gasteiger partial charge in [0.15, 0.2) is 6.61 Å². The van der Waals surface area contributed by atoms with Crippen LogP contribution in [0.15, 0.2) is 60.7 Å². The van der Waals surface area contributed by atoms with Crippen LogP contribution < -0.4 is 5.32 Å². The van der Waals surface area contributed by atoms with E-state index >= 15 is 0 Å². The van der Waals surface area contributed by atoms with Crippen molar-refractivity contribution >= 4 is 11.9 Å². The number of hydrogen-bond acceptors (Lipinski definition) is 3. The van der Waals surface area contributed by atoms with Crippen molar-refractivity contribution in [3.05, 3.63) is 71.8 Å². The smallest absolute Gasteiger partial charge is 0.307 e. The molecule has 2 aromatic rings. The molecule has 0 bridgehead atoms. The van der Waals surface area contributed by atoms with E-state index in [9.17, 15) is 9.59 Å². The van der Waals surface area contributed by atoms with Crippen LogP contribution in [0.25, 0.3) is 0 Å². The minimum Gasteiger partial charge on any atom is -0.456 e. The first-order chi connectivity index (χ1) is 12.6. The molecule has 26 heavy (non-hydrogen) atoms. The van der Waals surface area contributed by atoms with Gasteiger partial charge < -0.3 is 10.1 Å². The summed E-state index contributed by atoms with van der Waals surface area (Å²) >= 11 is 0. The average molecular weight is 353 g/mol. The Kier molecular flexibility index (Phi) is 7.87. The molecule has 0 atom stereocenters. The Hall–Kier alpha value is -2.62. The Bertz CT molecular complexity index is 642. The molecule has 4 heteroatoms. The van der Waals surface area contributed by atoms with Gasteiger partial charge in [0.2, 0.25) is 0 Å². The van der Waals surface area contributed by atoms with Crippen LogP contribution in [0.5, 0.6) is 0 Å². The first kappa shape index (κ1) is 19.7. The summed E-state index contributed by atoms with van der Waals surface area (Å²) in [5.41, 5.74) is 2.11. The maximum Gasteiger partial charge on any atom is 0.307 e. The lowest BCUT2D eigenvalue weighted by Gasteiger charge is -2.18. The molecule has 0 radical (unpaired) electrons. The summed E-state index contributed by atoms with van der Waals surface area (Å²) in [6.45, 7) is 3.81. The molecule has 0 unspecified atom stereocenters. The van der Waals surface area contributed by atoms with E-state index in [4.69, 9.17) is 4.74 Å². The van der Waals surface area contributed by atoms with Crippen LogP contribution in [0.4, 0.5) is 0 Å². The Balaban J connectivity index is 1.98. The number of hydrogen-bond donors (Lipinski definition) is 1. The molecule has 0 aliphatic heterocycles. The number of nitrogens with one attached hydrogen (secondary N) is 1. The topological polar surface area (TPSA) is 55.4 Å². The van der Waals surface area contributed by atoms with Crippen molar-refractivity contribution in [1.29, 1.82) is 0 Å². The average Bonchev–Trinajstić information content (AvgIpc) is 2.70. The highest BCUT2D eigenvalue weighted by Gasteiger charge is 2.20. The lowest BCUT2D eigenvalue weighted by molar-refractivity contribution is -0.149. The fourth-order valence-electron chi connectivity index (χ4n) is 2.93. The Morgan fingerprint density at radius 1 is 0.885 bits per heavy atom. The van der Waals surface area contributed by atoms with Crippen molar-refractivity contribution in [3.63, 3.8) is 0 Å². The molecule has 1 amide bonds. The van der Waals surface area contributed by atoms with E-state index in [-0.39, 0.29) is 36.9 Å². The van der Waals surface area contributed by atoms with Crippen molar-refractivity contribution in [3.8, 4) is 0 Å². The van der Waals surface area contributed by atoms with Crippen LogP contribution in [-0.2, 0) is 14.3 Å². The molecular formula is C22H27NO3. The number of ether oxygens (including phenoxy) is 1. The quantitative estimate of drug-likeness (QED) is 0.692. The summed E-state index contributed by atoms with van der Waals surface area (Å²) < 4.78 is 5.22. The molecule has 138 valence electrons. The highest BCUT2D eigenvalue weighted by atomic mass is 16.5. The van der Waals surface area contributed by atoms with Gasteiger partial charge in [-0.15, -0.1) is 0 Å². The number of esters is 1. The molecule has 0 aromatic heterocycles. The van der Waals surface area contributed by atoms with Crippen LogP contribution in [0.3, 0.4) is 0 Å². The number of rotatable bonds is 9. The molecule has 0 heterocycles. The molecule has 0 saturated heterocycles. The lowest BCUT2D eigenvalue weighted by atomic mass is 9.89. The summed E-state index contributed by atoms with van der Waals surface area (Å²) in [7, 11) is 0. The van der Waals surface area contributed by atoms with E-state index < -0.39 is 0 Å². The minimum absolute atomic E-state index is 0.0907. The maximum absolute atomic E-state index is 12.3. The molecule has 2 rings (SSSR count). The molecule has 0 spiro atoms. The third-order valence-electron chi connectivity index (χ3n) is 4.49. The summed E-state index contributed by atoms with van der Waals surface area (Å²) in [6.07, 6.45) is 1.92. The van der Waals surface area contributed by atoms with Crippen LogP contribution in [0.1, 0.15) is 50.2 Å². The van der Waals surface area contributed by atoms with Crippen molar-refractivity contribution in [2.45, 2.75) is 45.1 Å². The number of carbonyl (C=O) groups is 2. The van der Waals surface area contributed by atoms with E-state index in [1.165, 1.54) is 0 Å². The number of amides is 1. The zero-order valence-corrected chi connectivity index (χ0v) is 15.5. The third-order valence-corrected chi connectivity index (χ3v) is 4.49. The molecule has 4 nitrogen and oxygen atoms in total. The van der Waals surface area contributed by atoms with Gasteiger partial charge in [-0.1, -0.05) is 74.5 Å². The highest BCUT2D eigenvalue weighted by Crippen LogP contribution is 2.28. The van der Waals surface area contributed by atoms with E-state index in [0.717, 1.165) is 24.0 Å². The molecule has 0 aliphatic rings. The Morgan fingerprint density at radius 2 is 1.38 bits per heavy atom. The largest absolute Gasteiger partial charge is 0.456 e. The van der Waals surface area contributed by atoms with Gasteiger partial charge in [-0.3, -0.25) is 9.59 Å². The Labute approximate surface area is 155 Å². The predicted octanol–water partition coefficient (Wildman–Crippen LogP) is 4.06. The lowest BCUT2D eigenvalue weighted by Crippen LogP contribution is -2.37. The van der Waals surface area contributed by atoms with Gasteiger partial charge in [0, 0.05) is 12.0 Å². The summed E-state index contributed by atoms with van der Waals surface area (Å²) in [5.74, 6) is -0.711. The van der Waals surface area contributed by atoms with Crippen molar-refractivity contribution in [1.82, 2.24) is 5.32 Å². The maximum atomic E-state index is 12.3. The normalized spacial score (nSPS) is 10.8. The van der Waals surface area contributed by atoms with Crippen molar-refractivity contribution in [2.24, 2.45) is 0 Å². The van der Waals surface area contributed by atoms with Crippen LogP contribution >= 0.6 is 0 Å². The van der Waals surface area contributed by atoms with Gasteiger partial charge in [-0.05, 0) is 24.0 Å². The highest BCUT2D eigenvalue weighted by molar-refractivity contribution is 5.81. The van der Waals surface area contributed by atoms with Gasteiger partial charge in [-0.2, -0.15) is 0 Å². The second-order valence-electron chi connectivity index (χ2n) is 6.32. The predicted molar refractivity (Wildman–Crippen MR) is 103 cm³/mol. The molecule has 1 N–H and O–H groups in total. The first-order valence-electron chi connectivity index (χ1n) is 9.18. The molecule has 0 fully saturated rings. The summed E-state index contributed by atoms with van der Waals surface area (Å²) in [6, 6.07) is 19.9. The van der Waals surface area contributed by atoms with E-state index in [2.05, 4.69) is 5.32 Å². The third kappa shape index (κ3) is 6.03. The number of benzene rings is 2. The van der Waals surface area contributed by atoms with E-state index in [1.54, 1.807) is 0 Å². The van der Waals surface area contributed by atoms with Crippen molar-refractivity contribution in [2.75, 3.05) is 6.61 Å². The fourth-order valence-corrected chi connectivity index (χ4v) is 2.93. The molecular weight excluding hydrogens is 326 g/mol. The summed E-state index contributed by atoms with van der Waals surface area (Å²) in [4.78, 5) is 24.2. The number of carbonyl (C=O) groups excluding carboxylic acids is 2. The van der Waals surface area contributed by atoms with Crippen LogP contribution in [0.2, 0.25) is 0 Å². The monoisotopic (exact) mass is 353 g/mol. The van der Waals surface area contributed by atoms with Gasteiger partial charge in [-0.25, -0.2) is 0 Å². The first-order valence-corrected chi connectivity index (χ1v) is 9.18. The van der Waals surface area contributed by atoms with Gasteiger partial charge in [0.25, 0.3) is 5.91 Å². The zero-order chi connectivity index (χ0) is 18.8. The van der Waals surface area contributed by atoms with Gasteiger partial charge in [0.05, 0.1) is 6.42 Å². The Morgan fingerprint density at radius 3 is 1.85 bits per heavy atom. The van der Waals surface area contributed by atoms with Gasteiger partial charge >= 0.3 is 5.97 Å². The molecule has 0 saturated carbocycles. The second kappa shape index (κ2) is 10.4. The van der Waals surface area contributed by atoms with E-state index in [1.807, 2.05) is 74.5 Å². The SMILES string of the molecule is CCC(CC)NC(=O)COC(=O)CC(c1ccccc1)c1ccccc1. The summed E-state index contributed by atoms with van der Waals surface area (Å²) in [5, 5.41) is 2.87. The second-order valence-corrected chi connectivity index (χ2v) is 6.32. The minimum atomic E-state index is -0.373. The standard InChI is InChI=1S/C22H27NO3/c1-3-19(4-2)23-21(24)16-26-22(25)15-20(17-11-7-5-8-12-17)18-13-9-6-10-14-18/h5-14,19-20H,3-4,15-16H2,1-2H3,(H,23,24). The zero-order valence-electron chi connectivity index (χ0n) is 15.5. The van der Waals surface area contributed by atoms with Crippen molar-refractivity contribution < 1.29 is 14.3 Å². The fraction of sp³-hybridized carbons (Fsp3) is 0.364. The molecule has 0 aliphatic carbocycles. The van der Waals surface area contributed by atoms with Crippen LogP contribution in [-0.4, -0.2) is 24.5 Å². The van der Waals surface area contributed by atoms with Gasteiger partial charge in [0.1, 0.15) is 0 Å². The molecule has 2 aromatic carbocycles.